The fraction of sp³-hybridized carbons (Fsp3) is 0.933. The Labute approximate surface area is 111 Å². The summed E-state index contributed by atoms with van der Waals surface area (Å²) >= 11 is 0. The lowest BCUT2D eigenvalue weighted by molar-refractivity contribution is -0.132. The van der Waals surface area contributed by atoms with Crippen LogP contribution in [-0.2, 0) is 4.79 Å². The maximum absolute atomic E-state index is 12.5. The van der Waals surface area contributed by atoms with Gasteiger partial charge in [0.15, 0.2) is 0 Å². The fourth-order valence-corrected chi connectivity index (χ4v) is 3.59. The summed E-state index contributed by atoms with van der Waals surface area (Å²) in [4.78, 5) is 14.6. The number of carbonyl (C=O) groups excluding carboxylic acids is 1. The number of nitrogens with zero attached hydrogens (tertiary/aromatic N) is 1. The van der Waals surface area contributed by atoms with Crippen molar-refractivity contribution in [3.63, 3.8) is 0 Å². The molecule has 1 amide bonds. The van der Waals surface area contributed by atoms with E-state index in [1.54, 1.807) is 0 Å². The van der Waals surface area contributed by atoms with Crippen LogP contribution in [0.4, 0.5) is 0 Å². The number of amides is 1. The summed E-state index contributed by atoms with van der Waals surface area (Å²) in [5.74, 6) is 0.900. The van der Waals surface area contributed by atoms with Crippen LogP contribution in [-0.4, -0.2) is 29.1 Å². The highest BCUT2D eigenvalue weighted by Gasteiger charge is 2.44. The predicted molar refractivity (Wildman–Crippen MR) is 74.1 cm³/mol. The molecule has 2 aliphatic rings. The maximum atomic E-state index is 12.5. The maximum Gasteiger partial charge on any atom is 0.241 e. The van der Waals surface area contributed by atoms with E-state index >= 15 is 0 Å². The van der Waals surface area contributed by atoms with Gasteiger partial charge in [-0.2, -0.15) is 0 Å². The molecule has 3 heteroatoms. The molecule has 18 heavy (non-hydrogen) atoms. The minimum absolute atomic E-state index is 0.0451. The van der Waals surface area contributed by atoms with Crippen molar-refractivity contribution in [1.29, 1.82) is 0 Å². The van der Waals surface area contributed by atoms with Gasteiger partial charge in [0.2, 0.25) is 5.91 Å². The monoisotopic (exact) mass is 252 g/mol. The van der Waals surface area contributed by atoms with Gasteiger partial charge in [-0.1, -0.05) is 27.7 Å². The van der Waals surface area contributed by atoms with Crippen LogP contribution in [0, 0.1) is 11.3 Å². The molecule has 0 radical (unpaired) electrons. The third-order valence-electron chi connectivity index (χ3n) is 4.46. The Balaban J connectivity index is 2.03. The fourth-order valence-electron chi connectivity index (χ4n) is 3.59. The molecule has 1 N–H and O–H groups in total. The smallest absolute Gasteiger partial charge is 0.241 e. The second-order valence-electron chi connectivity index (χ2n) is 7.33. The molecule has 3 atom stereocenters. The highest BCUT2D eigenvalue weighted by atomic mass is 16.2. The second-order valence-corrected chi connectivity index (χ2v) is 7.33. The summed E-state index contributed by atoms with van der Waals surface area (Å²) in [5, 5.41) is 3.47. The van der Waals surface area contributed by atoms with E-state index in [4.69, 9.17) is 0 Å². The number of nitrogens with one attached hydrogen (secondary N) is 1. The predicted octanol–water partition coefficient (Wildman–Crippen LogP) is 2.76. The minimum atomic E-state index is 0.0451. The average molecular weight is 252 g/mol. The van der Waals surface area contributed by atoms with Crippen molar-refractivity contribution in [1.82, 2.24) is 10.2 Å². The molecule has 0 spiro atoms. The Bertz CT molecular complexity index is 324. The zero-order valence-electron chi connectivity index (χ0n) is 12.5. The van der Waals surface area contributed by atoms with Crippen LogP contribution >= 0.6 is 0 Å². The standard InChI is InChI=1S/C15H28N2O/c1-10(2)8-13-14(18)17(11(3)16-13)12-6-7-15(4,5)9-12/h10-13,16H,6-9H2,1-5H3. The molecule has 3 unspecified atom stereocenters. The summed E-state index contributed by atoms with van der Waals surface area (Å²) < 4.78 is 0. The molecule has 1 saturated heterocycles. The quantitative estimate of drug-likeness (QED) is 0.837. The van der Waals surface area contributed by atoms with E-state index in [0.29, 0.717) is 23.3 Å². The number of hydrogen-bond donors (Lipinski definition) is 1. The van der Waals surface area contributed by atoms with E-state index in [1.807, 2.05) is 0 Å². The summed E-state index contributed by atoms with van der Waals surface area (Å²) in [6.07, 6.45) is 4.72. The zero-order valence-corrected chi connectivity index (χ0v) is 12.5. The third kappa shape index (κ3) is 2.71. The summed E-state index contributed by atoms with van der Waals surface area (Å²) in [5.41, 5.74) is 0.404. The van der Waals surface area contributed by atoms with Gasteiger partial charge in [-0.05, 0) is 43.9 Å². The van der Waals surface area contributed by atoms with Gasteiger partial charge >= 0.3 is 0 Å². The van der Waals surface area contributed by atoms with Gasteiger partial charge in [-0.25, -0.2) is 0 Å². The zero-order chi connectivity index (χ0) is 13.5. The van der Waals surface area contributed by atoms with Crippen LogP contribution in [0.5, 0.6) is 0 Å². The molecule has 3 nitrogen and oxygen atoms in total. The Morgan fingerprint density at radius 1 is 1.44 bits per heavy atom. The number of rotatable bonds is 3. The van der Waals surface area contributed by atoms with Gasteiger partial charge < -0.3 is 4.90 Å². The molecule has 1 heterocycles. The van der Waals surface area contributed by atoms with Gasteiger partial charge in [0.05, 0.1) is 12.2 Å². The summed E-state index contributed by atoms with van der Waals surface area (Å²) in [6, 6.07) is 0.496. The summed E-state index contributed by atoms with van der Waals surface area (Å²) in [7, 11) is 0. The van der Waals surface area contributed by atoms with Gasteiger partial charge in [0.25, 0.3) is 0 Å². The van der Waals surface area contributed by atoms with Crippen molar-refractivity contribution in [2.75, 3.05) is 0 Å². The van der Waals surface area contributed by atoms with Crippen molar-refractivity contribution < 1.29 is 4.79 Å². The van der Waals surface area contributed by atoms with Crippen LogP contribution in [0.15, 0.2) is 0 Å². The third-order valence-corrected chi connectivity index (χ3v) is 4.46. The molecule has 0 aromatic carbocycles. The summed E-state index contributed by atoms with van der Waals surface area (Å²) in [6.45, 7) is 11.1. The van der Waals surface area contributed by atoms with E-state index in [9.17, 15) is 4.79 Å². The van der Waals surface area contributed by atoms with E-state index in [2.05, 4.69) is 44.8 Å². The van der Waals surface area contributed by atoms with Crippen LogP contribution in [0.2, 0.25) is 0 Å². The lowest BCUT2D eigenvalue weighted by atomic mass is 9.91. The van der Waals surface area contributed by atoms with Crippen LogP contribution in [0.25, 0.3) is 0 Å². The van der Waals surface area contributed by atoms with Crippen molar-refractivity contribution in [3.8, 4) is 0 Å². The highest BCUT2D eigenvalue weighted by molar-refractivity contribution is 5.84. The molecular formula is C15H28N2O. The van der Waals surface area contributed by atoms with E-state index in [-0.39, 0.29) is 12.2 Å². The van der Waals surface area contributed by atoms with Gasteiger partial charge in [-0.3, -0.25) is 10.1 Å². The molecule has 104 valence electrons. The van der Waals surface area contributed by atoms with Crippen molar-refractivity contribution in [2.24, 2.45) is 11.3 Å². The lowest BCUT2D eigenvalue weighted by Crippen LogP contribution is -2.42. The average Bonchev–Trinajstić information content (AvgIpc) is 2.68. The van der Waals surface area contributed by atoms with Gasteiger partial charge in [0, 0.05) is 6.04 Å². The van der Waals surface area contributed by atoms with E-state index in [1.165, 1.54) is 12.8 Å². The Morgan fingerprint density at radius 3 is 2.61 bits per heavy atom. The Morgan fingerprint density at radius 2 is 2.11 bits per heavy atom. The topological polar surface area (TPSA) is 32.3 Å². The van der Waals surface area contributed by atoms with Crippen molar-refractivity contribution in [2.45, 2.75) is 78.6 Å². The molecule has 1 aliphatic carbocycles. The Kier molecular flexibility index (Phi) is 3.72. The molecule has 0 aromatic heterocycles. The number of hydrogen-bond acceptors (Lipinski definition) is 2. The Hall–Kier alpha value is -0.570. The van der Waals surface area contributed by atoms with Crippen molar-refractivity contribution in [3.05, 3.63) is 0 Å². The van der Waals surface area contributed by atoms with Gasteiger partial charge in [-0.15, -0.1) is 0 Å². The first-order valence-electron chi connectivity index (χ1n) is 7.38. The molecule has 1 saturated carbocycles. The van der Waals surface area contributed by atoms with E-state index in [0.717, 1.165) is 12.8 Å². The van der Waals surface area contributed by atoms with Crippen LogP contribution in [0.3, 0.4) is 0 Å². The highest BCUT2D eigenvalue weighted by Crippen LogP contribution is 2.40. The molecule has 2 rings (SSSR count). The molecule has 2 fully saturated rings. The molecule has 1 aliphatic heterocycles. The van der Waals surface area contributed by atoms with Gasteiger partial charge in [0.1, 0.15) is 0 Å². The molecular weight excluding hydrogens is 224 g/mol. The first-order valence-corrected chi connectivity index (χ1v) is 7.38. The molecule has 0 aromatic rings. The van der Waals surface area contributed by atoms with E-state index < -0.39 is 0 Å². The van der Waals surface area contributed by atoms with Crippen LogP contribution in [0.1, 0.15) is 60.3 Å². The minimum Gasteiger partial charge on any atom is -0.323 e. The first-order chi connectivity index (χ1) is 8.30. The first kappa shape index (κ1) is 13.9. The van der Waals surface area contributed by atoms with Crippen LogP contribution < -0.4 is 5.32 Å². The second kappa shape index (κ2) is 4.84. The largest absolute Gasteiger partial charge is 0.323 e. The molecule has 0 bridgehead atoms. The normalized spacial score (nSPS) is 35.8. The lowest BCUT2D eigenvalue weighted by Gasteiger charge is -2.29. The number of carbonyl (C=O) groups is 1. The SMILES string of the molecule is CC(C)CC1NC(C)N(C2CCC(C)(C)C2)C1=O. The van der Waals surface area contributed by atoms with Crippen molar-refractivity contribution >= 4 is 5.91 Å².